The smallest absolute Gasteiger partial charge is 0.497 e. The fourth-order valence-corrected chi connectivity index (χ4v) is 2.57. The van der Waals surface area contributed by atoms with Crippen LogP contribution in [-0.2, 0) is 16.0 Å². The van der Waals surface area contributed by atoms with Gasteiger partial charge in [0.2, 0.25) is 5.91 Å². The maximum atomic E-state index is 11.9. The van der Waals surface area contributed by atoms with Gasteiger partial charge in [-0.1, -0.05) is 12.1 Å². The molecular formula is C22H26N2O6. The summed E-state index contributed by atoms with van der Waals surface area (Å²) in [6.07, 6.45) is 2.54. The van der Waals surface area contributed by atoms with Crippen LogP contribution in [0.3, 0.4) is 0 Å². The van der Waals surface area contributed by atoms with Crippen molar-refractivity contribution in [1.29, 1.82) is 0 Å². The first-order valence-corrected chi connectivity index (χ1v) is 9.53. The zero-order valence-corrected chi connectivity index (χ0v) is 17.3. The average Bonchev–Trinajstić information content (AvgIpc) is 2.75. The Morgan fingerprint density at radius 3 is 2.47 bits per heavy atom. The summed E-state index contributed by atoms with van der Waals surface area (Å²) in [6.45, 7) is 1.90. The summed E-state index contributed by atoms with van der Waals surface area (Å²) in [5.41, 5.74) is 4.31. The molecule has 0 aromatic heterocycles. The summed E-state index contributed by atoms with van der Waals surface area (Å²) in [6, 6.07) is 12.6. The van der Waals surface area contributed by atoms with Crippen LogP contribution in [-0.4, -0.2) is 39.1 Å². The normalized spacial score (nSPS) is 10.5. The van der Waals surface area contributed by atoms with Gasteiger partial charge in [0.15, 0.2) is 11.5 Å². The van der Waals surface area contributed by atoms with Crippen LogP contribution in [0.5, 0.6) is 17.2 Å². The Kier molecular flexibility index (Phi) is 9.18. The van der Waals surface area contributed by atoms with E-state index in [1.54, 1.807) is 32.2 Å². The lowest BCUT2D eigenvalue weighted by molar-refractivity contribution is -0.121. The highest BCUT2D eigenvalue weighted by molar-refractivity contribution is 5.83. The molecule has 2 aromatic rings. The van der Waals surface area contributed by atoms with Gasteiger partial charge in [-0.2, -0.15) is 5.10 Å². The van der Waals surface area contributed by atoms with Crippen molar-refractivity contribution >= 4 is 18.3 Å². The largest absolute Gasteiger partial charge is 0.513 e. The number of ether oxygens (including phenoxy) is 4. The molecule has 0 aliphatic rings. The van der Waals surface area contributed by atoms with Crippen LogP contribution in [0.4, 0.5) is 4.79 Å². The number of rotatable bonds is 10. The number of carbonyl (C=O) groups is 2. The zero-order chi connectivity index (χ0) is 21.8. The van der Waals surface area contributed by atoms with E-state index in [1.807, 2.05) is 24.3 Å². The predicted octanol–water partition coefficient (Wildman–Crippen LogP) is 3.71. The van der Waals surface area contributed by atoms with E-state index in [0.717, 1.165) is 17.7 Å². The summed E-state index contributed by atoms with van der Waals surface area (Å²) < 4.78 is 20.1. The number of carbonyl (C=O) groups excluding carboxylic acids is 2. The Hall–Kier alpha value is -3.55. The molecule has 0 saturated carbocycles. The summed E-state index contributed by atoms with van der Waals surface area (Å²) in [5, 5.41) is 3.96. The monoisotopic (exact) mass is 414 g/mol. The molecule has 30 heavy (non-hydrogen) atoms. The molecule has 0 radical (unpaired) electrons. The number of nitrogens with one attached hydrogen (secondary N) is 1. The van der Waals surface area contributed by atoms with Gasteiger partial charge in [-0.25, -0.2) is 10.2 Å². The SMILES string of the molecule is CCOC(=O)Oc1ccc(/C=N\NC(=O)CCCc2ccc(OC)cc2)cc1OC. The van der Waals surface area contributed by atoms with E-state index < -0.39 is 6.16 Å². The molecule has 0 fully saturated rings. The molecule has 8 heteroatoms. The van der Waals surface area contributed by atoms with Crippen molar-refractivity contribution < 1.29 is 28.5 Å². The van der Waals surface area contributed by atoms with Gasteiger partial charge in [0.1, 0.15) is 5.75 Å². The third kappa shape index (κ3) is 7.46. The second-order valence-corrected chi connectivity index (χ2v) is 6.19. The van der Waals surface area contributed by atoms with Crippen molar-refractivity contribution in [1.82, 2.24) is 5.43 Å². The van der Waals surface area contributed by atoms with Gasteiger partial charge >= 0.3 is 6.16 Å². The van der Waals surface area contributed by atoms with Gasteiger partial charge in [-0.3, -0.25) is 4.79 Å². The summed E-state index contributed by atoms with van der Waals surface area (Å²) >= 11 is 0. The van der Waals surface area contributed by atoms with Crippen molar-refractivity contribution in [2.24, 2.45) is 5.10 Å². The maximum Gasteiger partial charge on any atom is 0.513 e. The Bertz CT molecular complexity index is 864. The van der Waals surface area contributed by atoms with Crippen LogP contribution in [0.2, 0.25) is 0 Å². The molecule has 0 atom stereocenters. The van der Waals surface area contributed by atoms with E-state index in [4.69, 9.17) is 18.9 Å². The Morgan fingerprint density at radius 2 is 1.80 bits per heavy atom. The van der Waals surface area contributed by atoms with Crippen LogP contribution in [0.25, 0.3) is 0 Å². The number of amides is 1. The summed E-state index contributed by atoms with van der Waals surface area (Å²) in [7, 11) is 3.08. The van der Waals surface area contributed by atoms with Crippen molar-refractivity contribution in [2.75, 3.05) is 20.8 Å². The number of hydrogen-bond donors (Lipinski definition) is 1. The topological polar surface area (TPSA) is 95.5 Å². The van der Waals surface area contributed by atoms with Crippen LogP contribution >= 0.6 is 0 Å². The lowest BCUT2D eigenvalue weighted by atomic mass is 10.1. The number of methoxy groups -OCH3 is 2. The molecule has 160 valence electrons. The van der Waals surface area contributed by atoms with Gasteiger partial charge in [-0.05, 0) is 61.2 Å². The van der Waals surface area contributed by atoms with Crippen molar-refractivity contribution in [2.45, 2.75) is 26.2 Å². The van der Waals surface area contributed by atoms with E-state index in [2.05, 4.69) is 10.5 Å². The van der Waals surface area contributed by atoms with Gasteiger partial charge < -0.3 is 18.9 Å². The molecule has 0 aliphatic carbocycles. The molecule has 0 aliphatic heterocycles. The standard InChI is InChI=1S/C22H26N2O6/c1-4-29-22(26)30-19-13-10-17(14-20(19)28-3)15-23-24-21(25)7-5-6-16-8-11-18(27-2)12-9-16/h8-15H,4-7H2,1-3H3,(H,24,25)/b23-15-. The van der Waals surface area contributed by atoms with Crippen LogP contribution in [0.1, 0.15) is 30.9 Å². The molecule has 0 saturated heterocycles. The van der Waals surface area contributed by atoms with Gasteiger partial charge in [-0.15, -0.1) is 0 Å². The first-order chi connectivity index (χ1) is 14.5. The highest BCUT2D eigenvalue weighted by Gasteiger charge is 2.11. The predicted molar refractivity (Wildman–Crippen MR) is 112 cm³/mol. The van der Waals surface area contributed by atoms with Crippen LogP contribution in [0.15, 0.2) is 47.6 Å². The molecule has 1 N–H and O–H groups in total. The van der Waals surface area contributed by atoms with E-state index in [9.17, 15) is 9.59 Å². The minimum Gasteiger partial charge on any atom is -0.497 e. The molecule has 0 unspecified atom stereocenters. The van der Waals surface area contributed by atoms with E-state index in [1.165, 1.54) is 13.3 Å². The van der Waals surface area contributed by atoms with Gasteiger partial charge in [0.05, 0.1) is 27.0 Å². The van der Waals surface area contributed by atoms with Crippen molar-refractivity contribution in [3.63, 3.8) is 0 Å². The molecule has 2 rings (SSSR count). The molecule has 0 heterocycles. The summed E-state index contributed by atoms with van der Waals surface area (Å²) in [5.74, 6) is 1.21. The highest BCUT2D eigenvalue weighted by Crippen LogP contribution is 2.27. The number of hydrazone groups is 1. The van der Waals surface area contributed by atoms with E-state index >= 15 is 0 Å². The third-order valence-electron chi connectivity index (χ3n) is 4.07. The first-order valence-electron chi connectivity index (χ1n) is 9.53. The molecule has 8 nitrogen and oxygen atoms in total. The first kappa shape index (κ1) is 22.7. The third-order valence-corrected chi connectivity index (χ3v) is 4.07. The summed E-state index contributed by atoms with van der Waals surface area (Å²) in [4.78, 5) is 23.4. The number of hydrogen-bond acceptors (Lipinski definition) is 7. The molecule has 0 spiro atoms. The Morgan fingerprint density at radius 1 is 1.03 bits per heavy atom. The van der Waals surface area contributed by atoms with Gasteiger partial charge in [0, 0.05) is 6.42 Å². The van der Waals surface area contributed by atoms with Crippen LogP contribution in [0, 0.1) is 0 Å². The quantitative estimate of drug-likeness (QED) is 0.276. The maximum absolute atomic E-state index is 11.9. The molecule has 2 aromatic carbocycles. The Labute approximate surface area is 175 Å². The average molecular weight is 414 g/mol. The van der Waals surface area contributed by atoms with E-state index in [0.29, 0.717) is 24.2 Å². The highest BCUT2D eigenvalue weighted by atomic mass is 16.7. The molecule has 1 amide bonds. The minimum absolute atomic E-state index is 0.172. The zero-order valence-electron chi connectivity index (χ0n) is 17.3. The molecular weight excluding hydrogens is 388 g/mol. The molecule has 0 bridgehead atoms. The number of benzene rings is 2. The number of aryl methyl sites for hydroxylation is 1. The van der Waals surface area contributed by atoms with E-state index in [-0.39, 0.29) is 18.3 Å². The fourth-order valence-electron chi connectivity index (χ4n) is 2.57. The minimum atomic E-state index is -0.806. The van der Waals surface area contributed by atoms with Crippen molar-refractivity contribution in [3.8, 4) is 17.2 Å². The number of nitrogens with zero attached hydrogens (tertiary/aromatic N) is 1. The lowest BCUT2D eigenvalue weighted by Crippen LogP contribution is -2.17. The van der Waals surface area contributed by atoms with Gasteiger partial charge in [0.25, 0.3) is 0 Å². The second kappa shape index (κ2) is 12.1. The Balaban J connectivity index is 1.80. The van der Waals surface area contributed by atoms with Crippen LogP contribution < -0.4 is 19.6 Å². The van der Waals surface area contributed by atoms with Crippen molar-refractivity contribution in [3.05, 3.63) is 53.6 Å². The lowest BCUT2D eigenvalue weighted by Gasteiger charge is -2.09. The second-order valence-electron chi connectivity index (χ2n) is 6.19. The fraction of sp³-hybridized carbons (Fsp3) is 0.318.